The molecule has 0 radical (unpaired) electrons. The van der Waals surface area contributed by atoms with E-state index in [9.17, 15) is 4.79 Å². The van der Waals surface area contributed by atoms with Gasteiger partial charge in [-0.25, -0.2) is 0 Å². The Morgan fingerprint density at radius 2 is 2.00 bits per heavy atom. The molecule has 24 heavy (non-hydrogen) atoms. The van der Waals surface area contributed by atoms with Gasteiger partial charge in [-0.2, -0.15) is 4.98 Å². The Morgan fingerprint density at radius 3 is 2.67 bits per heavy atom. The molecular weight excluding hydrogens is 310 g/mol. The highest BCUT2D eigenvalue weighted by atomic mass is 16.5. The molecule has 1 amide bonds. The summed E-state index contributed by atoms with van der Waals surface area (Å²) in [7, 11) is 0. The molecule has 0 aromatic carbocycles. The van der Waals surface area contributed by atoms with Crippen molar-refractivity contribution in [3.05, 3.63) is 11.7 Å². The van der Waals surface area contributed by atoms with Gasteiger partial charge in [0.25, 0.3) is 0 Å². The van der Waals surface area contributed by atoms with Crippen LogP contribution in [0.4, 0.5) is 0 Å². The average molecular weight is 337 g/mol. The highest BCUT2D eigenvalue weighted by molar-refractivity contribution is 5.73. The Morgan fingerprint density at radius 1 is 1.25 bits per heavy atom. The number of rotatable bonds is 6. The van der Waals surface area contributed by atoms with Crippen molar-refractivity contribution in [2.45, 2.75) is 32.9 Å². The van der Waals surface area contributed by atoms with E-state index in [1.807, 2.05) is 4.90 Å². The van der Waals surface area contributed by atoms with Gasteiger partial charge < -0.3 is 14.2 Å². The molecule has 0 aliphatic carbocycles. The minimum atomic E-state index is 0.0671. The first-order valence-corrected chi connectivity index (χ1v) is 8.70. The van der Waals surface area contributed by atoms with Crippen LogP contribution in [-0.4, -0.2) is 89.3 Å². The number of hydrogen-bond donors (Lipinski definition) is 0. The Kier molecular flexibility index (Phi) is 5.80. The van der Waals surface area contributed by atoms with Gasteiger partial charge in [-0.05, 0) is 6.42 Å². The van der Waals surface area contributed by atoms with Crippen LogP contribution >= 0.6 is 0 Å². The van der Waals surface area contributed by atoms with Gasteiger partial charge in [-0.1, -0.05) is 5.16 Å². The molecule has 3 heterocycles. The second-order valence-corrected chi connectivity index (χ2v) is 6.57. The van der Waals surface area contributed by atoms with Crippen LogP contribution in [0.25, 0.3) is 0 Å². The maximum Gasteiger partial charge on any atom is 0.223 e. The Bertz CT molecular complexity index is 544. The van der Waals surface area contributed by atoms with Crippen molar-refractivity contribution in [2.75, 3.05) is 52.5 Å². The number of carbonyl (C=O) groups excluding carboxylic acids is 1. The largest absolute Gasteiger partial charge is 0.379 e. The number of carbonyl (C=O) groups is 1. The second-order valence-electron chi connectivity index (χ2n) is 6.57. The van der Waals surface area contributed by atoms with Gasteiger partial charge in [0.15, 0.2) is 5.82 Å². The van der Waals surface area contributed by atoms with Crippen LogP contribution in [0.2, 0.25) is 0 Å². The van der Waals surface area contributed by atoms with Crippen molar-refractivity contribution < 1.29 is 14.1 Å². The summed E-state index contributed by atoms with van der Waals surface area (Å²) in [5, 5.41) is 3.91. The van der Waals surface area contributed by atoms with Gasteiger partial charge in [0.05, 0.1) is 19.8 Å². The van der Waals surface area contributed by atoms with Crippen molar-refractivity contribution in [2.24, 2.45) is 0 Å². The Balaban J connectivity index is 1.49. The Labute approximate surface area is 142 Å². The molecule has 0 bridgehead atoms. The van der Waals surface area contributed by atoms with E-state index in [0.717, 1.165) is 58.9 Å². The maximum absolute atomic E-state index is 12.1. The first-order valence-electron chi connectivity index (χ1n) is 8.70. The van der Waals surface area contributed by atoms with Gasteiger partial charge in [0.1, 0.15) is 0 Å². The third-order valence-corrected chi connectivity index (χ3v) is 4.81. The van der Waals surface area contributed by atoms with Crippen LogP contribution in [0.5, 0.6) is 0 Å². The molecule has 1 aromatic rings. The maximum atomic E-state index is 12.1. The fourth-order valence-electron chi connectivity index (χ4n) is 3.43. The predicted octanol–water partition coefficient (Wildman–Crippen LogP) is 0.133. The summed E-state index contributed by atoms with van der Waals surface area (Å²) in [4.78, 5) is 23.0. The molecule has 2 aliphatic rings. The zero-order valence-corrected chi connectivity index (χ0v) is 14.6. The van der Waals surface area contributed by atoms with Crippen LogP contribution in [0.15, 0.2) is 4.52 Å². The van der Waals surface area contributed by atoms with E-state index >= 15 is 0 Å². The molecular formula is C16H27N5O3. The molecule has 2 fully saturated rings. The number of hydrogen-bond acceptors (Lipinski definition) is 7. The van der Waals surface area contributed by atoms with Gasteiger partial charge >= 0.3 is 0 Å². The van der Waals surface area contributed by atoms with Crippen LogP contribution in [0.3, 0.4) is 0 Å². The molecule has 134 valence electrons. The summed E-state index contributed by atoms with van der Waals surface area (Å²) >= 11 is 0. The van der Waals surface area contributed by atoms with E-state index in [1.54, 1.807) is 13.8 Å². The van der Waals surface area contributed by atoms with Crippen LogP contribution in [0.1, 0.15) is 25.1 Å². The first kappa shape index (κ1) is 17.3. The highest BCUT2D eigenvalue weighted by Crippen LogP contribution is 2.18. The summed E-state index contributed by atoms with van der Waals surface area (Å²) in [5.41, 5.74) is 0. The zero-order chi connectivity index (χ0) is 16.9. The van der Waals surface area contributed by atoms with Crippen LogP contribution in [0, 0.1) is 6.92 Å². The van der Waals surface area contributed by atoms with E-state index in [2.05, 4.69) is 19.9 Å². The number of aromatic nitrogens is 2. The summed E-state index contributed by atoms with van der Waals surface area (Å²) in [6, 6.07) is 0.228. The lowest BCUT2D eigenvalue weighted by Crippen LogP contribution is -2.43. The average Bonchev–Trinajstić information content (AvgIpc) is 3.20. The van der Waals surface area contributed by atoms with Gasteiger partial charge in [0.2, 0.25) is 11.8 Å². The first-order chi connectivity index (χ1) is 11.6. The van der Waals surface area contributed by atoms with Crippen LogP contribution in [-0.2, 0) is 16.1 Å². The number of ether oxygens (including phenoxy) is 1. The SMILES string of the molecule is CC(=O)N(Cc1noc(C)n1)C1CCN(CCN2CCOCC2)C1. The lowest BCUT2D eigenvalue weighted by atomic mass is 10.2. The predicted molar refractivity (Wildman–Crippen MR) is 87.4 cm³/mol. The molecule has 0 spiro atoms. The van der Waals surface area contributed by atoms with E-state index in [1.165, 1.54) is 0 Å². The number of morpholine rings is 1. The molecule has 3 rings (SSSR count). The van der Waals surface area contributed by atoms with Crippen molar-refractivity contribution in [1.82, 2.24) is 24.8 Å². The summed E-state index contributed by atoms with van der Waals surface area (Å²) in [6.07, 6.45) is 1.000. The van der Waals surface area contributed by atoms with E-state index in [4.69, 9.17) is 9.26 Å². The smallest absolute Gasteiger partial charge is 0.223 e. The monoisotopic (exact) mass is 337 g/mol. The van der Waals surface area contributed by atoms with Gasteiger partial charge in [-0.3, -0.25) is 14.6 Å². The third kappa shape index (κ3) is 4.52. The van der Waals surface area contributed by atoms with Gasteiger partial charge in [0, 0.05) is 59.2 Å². The number of amides is 1. The van der Waals surface area contributed by atoms with Crippen molar-refractivity contribution in [3.63, 3.8) is 0 Å². The number of aryl methyl sites for hydroxylation is 1. The lowest BCUT2D eigenvalue weighted by molar-refractivity contribution is -0.131. The standard InChI is InChI=1S/C16H27N5O3/c1-13-17-16(18-24-13)12-21(14(2)22)15-3-4-20(11-15)6-5-19-7-9-23-10-8-19/h15H,3-12H2,1-2H3. The molecule has 1 unspecified atom stereocenters. The van der Waals surface area contributed by atoms with Crippen molar-refractivity contribution >= 4 is 5.91 Å². The Hall–Kier alpha value is -1.51. The molecule has 0 N–H and O–H groups in total. The normalized spacial score (nSPS) is 22.8. The second kappa shape index (κ2) is 8.04. The lowest BCUT2D eigenvalue weighted by Gasteiger charge is -2.29. The molecule has 2 saturated heterocycles. The summed E-state index contributed by atoms with van der Waals surface area (Å²) < 4.78 is 10.4. The number of likely N-dealkylation sites (tertiary alicyclic amines) is 1. The fourth-order valence-corrected chi connectivity index (χ4v) is 3.43. The third-order valence-electron chi connectivity index (χ3n) is 4.81. The van der Waals surface area contributed by atoms with Gasteiger partial charge in [-0.15, -0.1) is 0 Å². The number of nitrogens with zero attached hydrogens (tertiary/aromatic N) is 5. The van der Waals surface area contributed by atoms with Crippen LogP contribution < -0.4 is 0 Å². The minimum absolute atomic E-state index is 0.0671. The molecule has 1 atom stereocenters. The molecule has 8 nitrogen and oxygen atoms in total. The molecule has 2 aliphatic heterocycles. The van der Waals surface area contributed by atoms with Crippen molar-refractivity contribution in [1.29, 1.82) is 0 Å². The molecule has 0 saturated carbocycles. The van der Waals surface area contributed by atoms with Crippen molar-refractivity contribution in [3.8, 4) is 0 Å². The molecule has 8 heteroatoms. The summed E-state index contributed by atoms with van der Waals surface area (Å²) in [5.74, 6) is 1.18. The quantitative estimate of drug-likeness (QED) is 0.730. The van der Waals surface area contributed by atoms with E-state index < -0.39 is 0 Å². The summed E-state index contributed by atoms with van der Waals surface area (Å²) in [6.45, 7) is 11.6. The highest BCUT2D eigenvalue weighted by Gasteiger charge is 2.30. The molecule has 1 aromatic heterocycles. The zero-order valence-electron chi connectivity index (χ0n) is 14.6. The topological polar surface area (TPSA) is 74.9 Å². The minimum Gasteiger partial charge on any atom is -0.379 e. The van der Waals surface area contributed by atoms with E-state index in [-0.39, 0.29) is 11.9 Å². The van der Waals surface area contributed by atoms with E-state index in [0.29, 0.717) is 18.3 Å². The fraction of sp³-hybridized carbons (Fsp3) is 0.812.